The highest BCUT2D eigenvalue weighted by Gasteiger charge is 2.18. The van der Waals surface area contributed by atoms with E-state index < -0.39 is 5.91 Å². The van der Waals surface area contributed by atoms with Crippen LogP contribution in [0.2, 0.25) is 0 Å². The van der Waals surface area contributed by atoms with E-state index in [9.17, 15) is 10.1 Å². The quantitative estimate of drug-likeness (QED) is 0.671. The van der Waals surface area contributed by atoms with Crippen LogP contribution < -0.4 is 19.5 Å². The number of rotatable bonds is 5. The largest absolute Gasteiger partial charge is 0.496 e. The van der Waals surface area contributed by atoms with Crippen LogP contribution in [0.15, 0.2) is 48.0 Å². The number of nitriles is 1. The number of nitrogens with one attached hydrogen (secondary N) is 1. The molecule has 6 nitrogen and oxygen atoms in total. The van der Waals surface area contributed by atoms with E-state index in [0.717, 1.165) is 5.56 Å². The first-order valence-electron chi connectivity index (χ1n) is 7.63. The van der Waals surface area contributed by atoms with Crippen LogP contribution in [0.5, 0.6) is 17.2 Å². The number of methoxy groups -OCH3 is 1. The smallest absolute Gasteiger partial charge is 0.262 e. The Kier molecular flexibility index (Phi) is 4.86. The highest BCUT2D eigenvalue weighted by molar-refractivity contribution is 6.02. The maximum Gasteiger partial charge on any atom is 0.262 e. The zero-order chi connectivity index (χ0) is 17.6. The second-order valence-corrected chi connectivity index (χ2v) is 5.29. The summed E-state index contributed by atoms with van der Waals surface area (Å²) in [7, 11) is 1.51. The zero-order valence-corrected chi connectivity index (χ0v) is 13.6. The Labute approximate surface area is 145 Å². The lowest BCUT2D eigenvalue weighted by molar-refractivity contribution is -0.117. The zero-order valence-electron chi connectivity index (χ0n) is 13.6. The monoisotopic (exact) mass is 336 g/mol. The molecule has 126 valence electrons. The van der Waals surface area contributed by atoms with Crippen LogP contribution in [0.25, 0.3) is 6.08 Å². The number of carbonyl (C=O) groups excluding carboxylic acids is 1. The van der Waals surface area contributed by atoms with Gasteiger partial charge in [-0.1, -0.05) is 30.3 Å². The number of hydrogen-bond donors (Lipinski definition) is 1. The van der Waals surface area contributed by atoms with Gasteiger partial charge in [0.2, 0.25) is 6.79 Å². The summed E-state index contributed by atoms with van der Waals surface area (Å²) in [5, 5.41) is 12.1. The van der Waals surface area contributed by atoms with Gasteiger partial charge in [0, 0.05) is 18.2 Å². The van der Waals surface area contributed by atoms with Crippen molar-refractivity contribution in [3.63, 3.8) is 0 Å². The average Bonchev–Trinajstić information content (AvgIpc) is 3.11. The van der Waals surface area contributed by atoms with Crippen molar-refractivity contribution < 1.29 is 19.0 Å². The molecule has 0 spiro atoms. The van der Waals surface area contributed by atoms with Gasteiger partial charge in [-0.05, 0) is 17.7 Å². The molecule has 0 aromatic heterocycles. The van der Waals surface area contributed by atoms with E-state index in [-0.39, 0.29) is 12.4 Å². The molecule has 1 aliphatic heterocycles. The molecule has 1 aliphatic rings. The molecular formula is C19H16N2O4. The van der Waals surface area contributed by atoms with Crippen molar-refractivity contribution in [1.29, 1.82) is 5.26 Å². The van der Waals surface area contributed by atoms with Gasteiger partial charge in [-0.25, -0.2) is 0 Å². The van der Waals surface area contributed by atoms with Crippen LogP contribution >= 0.6 is 0 Å². The molecule has 1 heterocycles. The molecule has 0 fully saturated rings. The first-order chi connectivity index (χ1) is 12.2. The van der Waals surface area contributed by atoms with Gasteiger partial charge in [0.05, 0.1) is 7.11 Å². The van der Waals surface area contributed by atoms with Crippen LogP contribution in [0.3, 0.4) is 0 Å². The topological polar surface area (TPSA) is 80.6 Å². The summed E-state index contributed by atoms with van der Waals surface area (Å²) in [5.41, 5.74) is 1.50. The summed E-state index contributed by atoms with van der Waals surface area (Å²) in [6.45, 7) is 0.477. The van der Waals surface area contributed by atoms with Crippen molar-refractivity contribution in [1.82, 2.24) is 5.32 Å². The van der Waals surface area contributed by atoms with E-state index in [2.05, 4.69) is 5.32 Å². The molecule has 6 heteroatoms. The summed E-state index contributed by atoms with van der Waals surface area (Å²) in [6, 6.07) is 14.8. The molecule has 3 rings (SSSR count). The van der Waals surface area contributed by atoms with Gasteiger partial charge in [-0.3, -0.25) is 4.79 Å². The normalized spacial score (nSPS) is 12.4. The minimum Gasteiger partial charge on any atom is -0.496 e. The molecule has 0 radical (unpaired) electrons. The number of amides is 1. The number of fused-ring (bicyclic) bond motifs is 1. The second-order valence-electron chi connectivity index (χ2n) is 5.29. The van der Waals surface area contributed by atoms with Gasteiger partial charge in [0.25, 0.3) is 5.91 Å². The van der Waals surface area contributed by atoms with Crippen molar-refractivity contribution in [2.24, 2.45) is 0 Å². The van der Waals surface area contributed by atoms with Crippen LogP contribution in [-0.2, 0) is 11.3 Å². The number of ether oxygens (including phenoxy) is 3. The predicted octanol–water partition coefficient (Wildman–Crippen LogP) is 2.65. The number of carbonyl (C=O) groups is 1. The van der Waals surface area contributed by atoms with Crippen LogP contribution in [-0.4, -0.2) is 19.8 Å². The Hall–Kier alpha value is -3.46. The van der Waals surface area contributed by atoms with Crippen LogP contribution in [0, 0.1) is 11.3 Å². The summed E-state index contributed by atoms with van der Waals surface area (Å²) in [4.78, 5) is 12.3. The molecule has 25 heavy (non-hydrogen) atoms. The van der Waals surface area contributed by atoms with E-state index in [4.69, 9.17) is 14.2 Å². The van der Waals surface area contributed by atoms with E-state index in [1.165, 1.54) is 13.2 Å². The van der Waals surface area contributed by atoms with Gasteiger partial charge in [0.15, 0.2) is 11.5 Å². The lowest BCUT2D eigenvalue weighted by atomic mass is 10.1. The fourth-order valence-corrected chi connectivity index (χ4v) is 2.41. The van der Waals surface area contributed by atoms with Gasteiger partial charge < -0.3 is 19.5 Å². The molecule has 0 atom stereocenters. The number of benzene rings is 2. The minimum absolute atomic E-state index is 0.0203. The Morgan fingerprint density at radius 2 is 2.00 bits per heavy atom. The van der Waals surface area contributed by atoms with Gasteiger partial charge in [-0.2, -0.15) is 5.26 Å². The molecule has 0 saturated carbocycles. The van der Waals surface area contributed by atoms with Crippen LogP contribution in [0.4, 0.5) is 0 Å². The molecule has 0 saturated heterocycles. The lowest BCUT2D eigenvalue weighted by Crippen LogP contribution is -2.23. The summed E-state index contributed by atoms with van der Waals surface area (Å²) in [5.74, 6) is 1.16. The SMILES string of the molecule is COc1cc2c(cc1/C=C(\C#N)C(=O)NCc1ccccc1)OCO2. The fraction of sp³-hybridized carbons (Fsp3) is 0.158. The van der Waals surface area contributed by atoms with Gasteiger partial charge in [0.1, 0.15) is 17.4 Å². The molecule has 1 N–H and O–H groups in total. The molecule has 0 bridgehead atoms. The van der Waals surface area contributed by atoms with E-state index in [1.807, 2.05) is 36.4 Å². The molecule has 1 amide bonds. The first kappa shape index (κ1) is 16.4. The second kappa shape index (κ2) is 7.41. The van der Waals surface area contributed by atoms with Crippen molar-refractivity contribution >= 4 is 12.0 Å². The minimum atomic E-state index is -0.453. The van der Waals surface area contributed by atoms with Crippen molar-refractivity contribution in [2.75, 3.05) is 13.9 Å². The van der Waals surface area contributed by atoms with E-state index in [1.54, 1.807) is 12.1 Å². The highest BCUT2D eigenvalue weighted by atomic mass is 16.7. The standard InChI is InChI=1S/C19H16N2O4/c1-23-16-9-18-17(24-12-25-18)8-14(16)7-15(10-20)19(22)21-11-13-5-3-2-4-6-13/h2-9H,11-12H2,1H3,(H,21,22)/b15-7+. The Morgan fingerprint density at radius 1 is 1.28 bits per heavy atom. The van der Waals surface area contributed by atoms with Crippen molar-refractivity contribution in [3.8, 4) is 23.3 Å². The van der Waals surface area contributed by atoms with E-state index in [0.29, 0.717) is 29.4 Å². The summed E-state index contributed by atoms with van der Waals surface area (Å²) in [6.07, 6.45) is 1.47. The van der Waals surface area contributed by atoms with Gasteiger partial charge in [-0.15, -0.1) is 0 Å². The number of hydrogen-bond acceptors (Lipinski definition) is 5. The Morgan fingerprint density at radius 3 is 2.68 bits per heavy atom. The average molecular weight is 336 g/mol. The Bertz CT molecular complexity index is 854. The van der Waals surface area contributed by atoms with Crippen LogP contribution in [0.1, 0.15) is 11.1 Å². The number of nitrogens with zero attached hydrogens (tertiary/aromatic N) is 1. The van der Waals surface area contributed by atoms with Gasteiger partial charge >= 0.3 is 0 Å². The Balaban J connectivity index is 1.80. The molecule has 2 aromatic rings. The van der Waals surface area contributed by atoms with Crippen molar-refractivity contribution in [3.05, 3.63) is 59.2 Å². The molecule has 0 unspecified atom stereocenters. The molecular weight excluding hydrogens is 320 g/mol. The third-order valence-electron chi connectivity index (χ3n) is 3.69. The molecule has 2 aromatic carbocycles. The first-order valence-corrected chi connectivity index (χ1v) is 7.63. The molecule has 0 aliphatic carbocycles. The predicted molar refractivity (Wildman–Crippen MR) is 91.0 cm³/mol. The maximum absolute atomic E-state index is 12.3. The lowest BCUT2D eigenvalue weighted by Gasteiger charge is -2.08. The maximum atomic E-state index is 12.3. The van der Waals surface area contributed by atoms with Crippen molar-refractivity contribution in [2.45, 2.75) is 6.54 Å². The fourth-order valence-electron chi connectivity index (χ4n) is 2.41. The third kappa shape index (κ3) is 3.72. The summed E-state index contributed by atoms with van der Waals surface area (Å²) < 4.78 is 15.9. The summed E-state index contributed by atoms with van der Waals surface area (Å²) >= 11 is 0. The third-order valence-corrected chi connectivity index (χ3v) is 3.69. The highest BCUT2D eigenvalue weighted by Crippen LogP contribution is 2.38. The van der Waals surface area contributed by atoms with E-state index >= 15 is 0 Å².